The zero-order valence-electron chi connectivity index (χ0n) is 17.9. The van der Waals surface area contributed by atoms with E-state index >= 15 is 0 Å². The number of rotatable bonds is 6. The summed E-state index contributed by atoms with van der Waals surface area (Å²) in [4.78, 5) is 5.92. The highest BCUT2D eigenvalue weighted by Gasteiger charge is 2.24. The minimum Gasteiger partial charge on any atom is -0.400 e. The van der Waals surface area contributed by atoms with E-state index in [2.05, 4.69) is 49.6 Å². The van der Waals surface area contributed by atoms with Crippen LogP contribution in [0.5, 0.6) is 0 Å². The van der Waals surface area contributed by atoms with Gasteiger partial charge in [0, 0.05) is 22.2 Å². The second-order valence-corrected chi connectivity index (χ2v) is 8.90. The van der Waals surface area contributed by atoms with E-state index in [4.69, 9.17) is 10.7 Å². The van der Waals surface area contributed by atoms with Crippen LogP contribution in [0.3, 0.4) is 0 Å². The van der Waals surface area contributed by atoms with Crippen LogP contribution in [0.4, 0.5) is 0 Å². The van der Waals surface area contributed by atoms with Crippen LogP contribution in [0, 0.1) is 6.92 Å². The number of nitrogens with two attached hydrogens (primary N) is 1. The Bertz CT molecular complexity index is 830. The molecule has 3 rings (SSSR count). The van der Waals surface area contributed by atoms with Gasteiger partial charge in [-0.3, -0.25) is 0 Å². The normalized spacial score (nSPS) is 19.1. The third kappa shape index (κ3) is 6.02. The Morgan fingerprint density at radius 2 is 1.83 bits per heavy atom. The van der Waals surface area contributed by atoms with Gasteiger partial charge in [-0.2, -0.15) is 0 Å². The smallest absolute Gasteiger partial charge is 0.105 e. The second kappa shape index (κ2) is 10.2. The van der Waals surface area contributed by atoms with E-state index in [9.17, 15) is 0 Å². The lowest BCUT2D eigenvalue weighted by Gasteiger charge is -2.25. The van der Waals surface area contributed by atoms with Crippen molar-refractivity contribution >= 4 is 18.3 Å². The number of benzene rings is 1. The Labute approximate surface area is 181 Å². The van der Waals surface area contributed by atoms with Crippen LogP contribution < -0.4 is 11.1 Å². The molecule has 0 amide bonds. The molecule has 0 radical (unpaired) electrons. The number of thiol groups is 1. The van der Waals surface area contributed by atoms with Crippen LogP contribution >= 0.6 is 12.6 Å². The van der Waals surface area contributed by atoms with Gasteiger partial charge in [0.15, 0.2) is 0 Å². The van der Waals surface area contributed by atoms with Crippen molar-refractivity contribution in [2.45, 2.75) is 82.6 Å². The number of hydrogen-bond acceptors (Lipinski definition) is 4. The molecular weight excluding hydrogens is 374 g/mol. The molecule has 2 saturated carbocycles. The van der Waals surface area contributed by atoms with Gasteiger partial charge in [0.25, 0.3) is 0 Å². The van der Waals surface area contributed by atoms with E-state index in [0.717, 1.165) is 46.1 Å². The van der Waals surface area contributed by atoms with E-state index in [1.807, 2.05) is 6.92 Å². The fraction of sp³-hybridized carbons (Fsp3) is 0.480. The molecule has 1 aromatic carbocycles. The molecule has 156 valence electrons. The highest BCUT2D eigenvalue weighted by Crippen LogP contribution is 2.35. The number of aliphatic imine (C=N–C) groups is 1. The van der Waals surface area contributed by atoms with Crippen molar-refractivity contribution in [3.05, 3.63) is 64.6 Å². The maximum atomic E-state index is 6.35. The quantitative estimate of drug-likeness (QED) is 0.387. The first-order valence-corrected chi connectivity index (χ1v) is 11.4. The molecule has 0 spiro atoms. The predicted molar refractivity (Wildman–Crippen MR) is 128 cm³/mol. The Hall–Kier alpha value is -1.94. The first kappa shape index (κ1) is 21.8. The lowest BCUT2D eigenvalue weighted by atomic mass is 9.96. The molecular formula is C25H35N3S. The first-order valence-electron chi connectivity index (χ1n) is 11.0. The van der Waals surface area contributed by atoms with Gasteiger partial charge in [-0.1, -0.05) is 50.8 Å². The first-order chi connectivity index (χ1) is 14.0. The fourth-order valence-electron chi connectivity index (χ4n) is 3.99. The Balaban J connectivity index is 1.92. The number of hydrogen-bond donors (Lipinski definition) is 3. The number of aryl methyl sites for hydroxylation is 1. The number of allylic oxidation sites excluding steroid dienone is 3. The van der Waals surface area contributed by atoms with Crippen molar-refractivity contribution in [1.82, 2.24) is 5.32 Å². The molecule has 0 bridgehead atoms. The largest absolute Gasteiger partial charge is 0.400 e. The summed E-state index contributed by atoms with van der Waals surface area (Å²) in [5.74, 6) is 0. The van der Waals surface area contributed by atoms with Crippen LogP contribution in [0.15, 0.2) is 63.4 Å². The molecule has 2 aliphatic rings. The molecule has 2 fully saturated rings. The van der Waals surface area contributed by atoms with Crippen molar-refractivity contribution in [3.63, 3.8) is 0 Å². The molecule has 0 saturated heterocycles. The average Bonchev–Trinajstić information content (AvgIpc) is 3.48. The highest BCUT2D eigenvalue weighted by molar-refractivity contribution is 7.80. The molecule has 0 aliphatic heterocycles. The van der Waals surface area contributed by atoms with Crippen LogP contribution in [-0.2, 0) is 0 Å². The number of nitrogens with zero attached hydrogens (tertiary/aromatic N) is 1. The van der Waals surface area contributed by atoms with Crippen molar-refractivity contribution in [2.24, 2.45) is 10.7 Å². The molecule has 0 atom stereocenters. The highest BCUT2D eigenvalue weighted by atomic mass is 32.1. The van der Waals surface area contributed by atoms with Crippen LogP contribution in [-0.4, -0.2) is 11.8 Å². The van der Waals surface area contributed by atoms with E-state index in [1.54, 1.807) is 6.08 Å². The average molecular weight is 410 g/mol. The van der Waals surface area contributed by atoms with E-state index in [-0.39, 0.29) is 0 Å². The Kier molecular flexibility index (Phi) is 7.65. The van der Waals surface area contributed by atoms with Gasteiger partial charge in [-0.25, -0.2) is 4.99 Å². The van der Waals surface area contributed by atoms with Crippen molar-refractivity contribution in [3.8, 4) is 0 Å². The third-order valence-corrected chi connectivity index (χ3v) is 6.14. The van der Waals surface area contributed by atoms with E-state index in [0.29, 0.717) is 6.04 Å². The zero-order chi connectivity index (χ0) is 20.8. The van der Waals surface area contributed by atoms with Crippen molar-refractivity contribution in [2.75, 3.05) is 0 Å². The fourth-order valence-corrected chi connectivity index (χ4v) is 4.38. The van der Waals surface area contributed by atoms with Gasteiger partial charge >= 0.3 is 0 Å². The molecule has 4 heteroatoms. The van der Waals surface area contributed by atoms with Crippen molar-refractivity contribution < 1.29 is 0 Å². The molecule has 29 heavy (non-hydrogen) atoms. The van der Waals surface area contributed by atoms with Gasteiger partial charge < -0.3 is 11.1 Å². The SMILES string of the molecule is C=CC(=N/C(C(NC1CCCCCCC1)=C1CC1)=C(\C)N)c1ccc(C)cc1S. The topological polar surface area (TPSA) is 50.4 Å². The molecule has 3 N–H and O–H groups in total. The minimum absolute atomic E-state index is 0.509. The summed E-state index contributed by atoms with van der Waals surface area (Å²) in [6.07, 6.45) is 13.2. The number of nitrogens with one attached hydrogen (secondary N) is 1. The minimum atomic E-state index is 0.509. The summed E-state index contributed by atoms with van der Waals surface area (Å²) < 4.78 is 0. The van der Waals surface area contributed by atoms with Gasteiger partial charge in [0.05, 0.1) is 11.4 Å². The van der Waals surface area contributed by atoms with Crippen LogP contribution in [0.1, 0.15) is 75.8 Å². The molecule has 0 heterocycles. The summed E-state index contributed by atoms with van der Waals surface area (Å²) in [6, 6.07) is 6.71. The van der Waals surface area contributed by atoms with Crippen molar-refractivity contribution in [1.29, 1.82) is 0 Å². The molecule has 0 aromatic heterocycles. The lowest BCUT2D eigenvalue weighted by Crippen LogP contribution is -2.30. The van der Waals surface area contributed by atoms with Crippen LogP contribution in [0.25, 0.3) is 0 Å². The van der Waals surface area contributed by atoms with Gasteiger partial charge in [-0.15, -0.1) is 12.6 Å². The molecule has 1 aromatic rings. The maximum absolute atomic E-state index is 6.35. The third-order valence-electron chi connectivity index (χ3n) is 5.77. The Morgan fingerprint density at radius 3 is 2.38 bits per heavy atom. The summed E-state index contributed by atoms with van der Waals surface area (Å²) in [5.41, 5.74) is 13.5. The summed E-state index contributed by atoms with van der Waals surface area (Å²) in [5, 5.41) is 3.85. The monoisotopic (exact) mass is 409 g/mol. The molecule has 2 aliphatic carbocycles. The zero-order valence-corrected chi connectivity index (χ0v) is 18.8. The van der Waals surface area contributed by atoms with Gasteiger partial charge in [-0.05, 0) is 62.8 Å². The summed E-state index contributed by atoms with van der Waals surface area (Å²) in [6.45, 7) is 8.02. The standard InChI is InChI=1S/C25H35N3S/c1-4-22(21-15-12-17(2)16-23(21)29)28-24(18(3)26)25(19-13-14-19)27-20-10-8-6-5-7-9-11-20/h4,12,15-16,20,27,29H,1,5-11,13-14,26H2,2-3H3/b24-18+,28-22?. The summed E-state index contributed by atoms with van der Waals surface area (Å²) in [7, 11) is 0. The summed E-state index contributed by atoms with van der Waals surface area (Å²) >= 11 is 4.66. The van der Waals surface area contributed by atoms with E-state index < -0.39 is 0 Å². The molecule has 0 unspecified atom stereocenters. The van der Waals surface area contributed by atoms with Gasteiger partial charge in [0.2, 0.25) is 0 Å². The predicted octanol–water partition coefficient (Wildman–Crippen LogP) is 6.20. The van der Waals surface area contributed by atoms with Gasteiger partial charge in [0.1, 0.15) is 5.70 Å². The van der Waals surface area contributed by atoms with E-state index in [1.165, 1.54) is 56.1 Å². The Morgan fingerprint density at radius 1 is 1.17 bits per heavy atom. The maximum Gasteiger partial charge on any atom is 0.105 e. The molecule has 3 nitrogen and oxygen atoms in total. The van der Waals surface area contributed by atoms with Crippen LogP contribution in [0.2, 0.25) is 0 Å². The second-order valence-electron chi connectivity index (χ2n) is 8.42. The lowest BCUT2D eigenvalue weighted by molar-refractivity contribution is 0.413.